The number of nitrogens with one attached hydrogen (secondary N) is 2. The second-order valence-electron chi connectivity index (χ2n) is 6.29. The van der Waals surface area contributed by atoms with Gasteiger partial charge in [0.05, 0.1) is 17.7 Å². The number of amides is 1. The molecule has 3 aromatic rings. The summed E-state index contributed by atoms with van der Waals surface area (Å²) in [5.74, 6) is -0.0283. The number of ether oxygens (including phenoxy) is 1. The van der Waals surface area contributed by atoms with E-state index >= 15 is 0 Å². The van der Waals surface area contributed by atoms with Crippen LogP contribution in [-0.2, 0) is 10.0 Å². The van der Waals surface area contributed by atoms with Crippen LogP contribution in [0.2, 0.25) is 5.02 Å². The minimum absolute atomic E-state index is 0.0209. The lowest BCUT2D eigenvalue weighted by Crippen LogP contribution is -2.15. The van der Waals surface area contributed by atoms with Gasteiger partial charge in [-0.1, -0.05) is 29.3 Å². The largest absolute Gasteiger partial charge is 0.495 e. The van der Waals surface area contributed by atoms with Crippen LogP contribution < -0.4 is 14.8 Å². The lowest BCUT2D eigenvalue weighted by Gasteiger charge is -2.13. The predicted octanol–water partition coefficient (Wildman–Crippen LogP) is 4.71. The highest BCUT2D eigenvalue weighted by Gasteiger charge is 2.18. The van der Waals surface area contributed by atoms with Crippen molar-refractivity contribution < 1.29 is 17.9 Å². The molecule has 0 radical (unpaired) electrons. The number of halogens is 1. The number of sulfonamides is 1. The molecule has 0 aliphatic rings. The number of anilines is 2. The smallest absolute Gasteiger partial charge is 0.261 e. The molecular formula is C21H19ClN2O4S. The molecule has 150 valence electrons. The average molecular weight is 431 g/mol. The Balaban J connectivity index is 1.88. The Hall–Kier alpha value is -3.03. The normalized spacial score (nSPS) is 11.0. The summed E-state index contributed by atoms with van der Waals surface area (Å²) in [6.45, 7) is 1.92. The number of carbonyl (C=O) groups excluding carboxylic acids is 1. The Morgan fingerprint density at radius 1 is 0.966 bits per heavy atom. The second-order valence-corrected chi connectivity index (χ2v) is 8.41. The molecule has 0 saturated carbocycles. The van der Waals surface area contributed by atoms with Crippen LogP contribution in [0.1, 0.15) is 15.9 Å². The van der Waals surface area contributed by atoms with Crippen molar-refractivity contribution in [1.29, 1.82) is 0 Å². The van der Waals surface area contributed by atoms with Gasteiger partial charge in [0, 0.05) is 16.3 Å². The molecule has 0 fully saturated rings. The second kappa shape index (κ2) is 8.55. The Morgan fingerprint density at radius 3 is 2.24 bits per heavy atom. The van der Waals surface area contributed by atoms with Crippen LogP contribution in [-0.4, -0.2) is 21.4 Å². The van der Waals surface area contributed by atoms with Gasteiger partial charge in [0.2, 0.25) is 0 Å². The number of hydrogen-bond donors (Lipinski definition) is 2. The molecule has 1 amide bonds. The third kappa shape index (κ3) is 5.07. The van der Waals surface area contributed by atoms with Gasteiger partial charge in [-0.25, -0.2) is 8.42 Å². The van der Waals surface area contributed by atoms with Crippen molar-refractivity contribution in [1.82, 2.24) is 0 Å². The Labute approximate surface area is 174 Å². The SMILES string of the molecule is COc1ccc(S(=O)(=O)Nc2ccc(Cl)cc2)cc1NC(=O)c1ccc(C)cc1. The Morgan fingerprint density at radius 2 is 1.62 bits per heavy atom. The molecule has 8 heteroatoms. The highest BCUT2D eigenvalue weighted by atomic mass is 35.5. The van der Waals surface area contributed by atoms with Gasteiger partial charge in [0.1, 0.15) is 5.75 Å². The van der Waals surface area contributed by atoms with Gasteiger partial charge in [-0.3, -0.25) is 9.52 Å². The van der Waals surface area contributed by atoms with Crippen molar-refractivity contribution in [2.24, 2.45) is 0 Å². The molecule has 0 bridgehead atoms. The zero-order valence-corrected chi connectivity index (χ0v) is 17.3. The third-order valence-electron chi connectivity index (χ3n) is 4.14. The number of carbonyl (C=O) groups is 1. The van der Waals surface area contributed by atoms with Crippen molar-refractivity contribution in [3.8, 4) is 5.75 Å². The van der Waals surface area contributed by atoms with Crippen molar-refractivity contribution >= 4 is 38.9 Å². The van der Waals surface area contributed by atoms with E-state index in [-0.39, 0.29) is 16.5 Å². The number of aryl methyl sites for hydroxylation is 1. The lowest BCUT2D eigenvalue weighted by molar-refractivity contribution is 0.102. The zero-order chi connectivity index (χ0) is 21.0. The van der Waals surface area contributed by atoms with Gasteiger partial charge in [-0.2, -0.15) is 0 Å². The molecule has 0 aromatic heterocycles. The summed E-state index contributed by atoms with van der Waals surface area (Å²) < 4.78 is 33.2. The van der Waals surface area contributed by atoms with E-state index in [4.69, 9.17) is 16.3 Å². The Bertz CT molecular complexity index is 1130. The van der Waals surface area contributed by atoms with Gasteiger partial charge in [-0.05, 0) is 61.5 Å². The maximum Gasteiger partial charge on any atom is 0.261 e. The predicted molar refractivity (Wildman–Crippen MR) is 114 cm³/mol. The maximum absolute atomic E-state index is 12.7. The molecular weight excluding hydrogens is 412 g/mol. The molecule has 0 spiro atoms. The zero-order valence-electron chi connectivity index (χ0n) is 15.8. The molecule has 2 N–H and O–H groups in total. The molecule has 0 aliphatic heterocycles. The van der Waals surface area contributed by atoms with Crippen molar-refractivity contribution in [3.63, 3.8) is 0 Å². The van der Waals surface area contributed by atoms with Crippen molar-refractivity contribution in [2.75, 3.05) is 17.1 Å². The standard InChI is InChI=1S/C21H19ClN2O4S/c1-14-3-5-15(6-4-14)21(25)23-19-13-18(11-12-20(19)28-2)29(26,27)24-17-9-7-16(22)8-10-17/h3-13,24H,1-2H3,(H,23,25). The molecule has 0 heterocycles. The van der Waals surface area contributed by atoms with Crippen LogP contribution in [0.25, 0.3) is 0 Å². The van der Waals surface area contributed by atoms with Crippen LogP contribution >= 0.6 is 11.6 Å². The van der Waals surface area contributed by atoms with Gasteiger partial charge < -0.3 is 10.1 Å². The van der Waals surface area contributed by atoms with E-state index in [1.807, 2.05) is 19.1 Å². The molecule has 0 aliphatic carbocycles. The summed E-state index contributed by atoms with van der Waals surface area (Å²) in [4.78, 5) is 12.5. The van der Waals surface area contributed by atoms with Gasteiger partial charge >= 0.3 is 0 Å². The van der Waals surface area contributed by atoms with E-state index < -0.39 is 10.0 Å². The molecule has 0 unspecified atom stereocenters. The summed E-state index contributed by atoms with van der Waals surface area (Å²) in [6.07, 6.45) is 0. The van der Waals surface area contributed by atoms with Crippen LogP contribution in [0.5, 0.6) is 5.75 Å². The van der Waals surface area contributed by atoms with Crippen LogP contribution in [0.3, 0.4) is 0 Å². The van der Waals surface area contributed by atoms with E-state index in [2.05, 4.69) is 10.0 Å². The number of rotatable bonds is 6. The average Bonchev–Trinajstić information content (AvgIpc) is 2.70. The van der Waals surface area contributed by atoms with Crippen LogP contribution in [0.4, 0.5) is 11.4 Å². The topological polar surface area (TPSA) is 84.5 Å². The van der Waals surface area contributed by atoms with E-state index in [9.17, 15) is 13.2 Å². The third-order valence-corrected chi connectivity index (χ3v) is 5.77. The monoisotopic (exact) mass is 430 g/mol. The van der Waals surface area contributed by atoms with E-state index in [0.717, 1.165) is 5.56 Å². The minimum Gasteiger partial charge on any atom is -0.495 e. The first-order valence-corrected chi connectivity index (χ1v) is 10.5. The molecule has 29 heavy (non-hydrogen) atoms. The van der Waals surface area contributed by atoms with E-state index in [1.165, 1.54) is 25.3 Å². The molecule has 0 saturated heterocycles. The number of benzene rings is 3. The van der Waals surface area contributed by atoms with Crippen LogP contribution in [0.15, 0.2) is 71.6 Å². The first-order chi connectivity index (χ1) is 13.8. The summed E-state index contributed by atoms with van der Waals surface area (Å²) in [7, 11) is -2.44. The molecule has 3 rings (SSSR count). The first-order valence-electron chi connectivity index (χ1n) is 8.63. The lowest BCUT2D eigenvalue weighted by atomic mass is 10.1. The summed E-state index contributed by atoms with van der Waals surface area (Å²) in [5, 5.41) is 3.21. The van der Waals surface area contributed by atoms with Crippen molar-refractivity contribution in [2.45, 2.75) is 11.8 Å². The molecule has 0 atom stereocenters. The summed E-state index contributed by atoms with van der Waals surface area (Å²) >= 11 is 5.83. The van der Waals surface area contributed by atoms with Gasteiger partial charge in [0.15, 0.2) is 0 Å². The fourth-order valence-corrected chi connectivity index (χ4v) is 3.79. The van der Waals surface area contributed by atoms with Gasteiger partial charge in [0.25, 0.3) is 15.9 Å². The summed E-state index contributed by atoms with van der Waals surface area (Å²) in [6, 6.07) is 17.6. The van der Waals surface area contributed by atoms with Crippen molar-refractivity contribution in [3.05, 3.63) is 82.9 Å². The van der Waals surface area contributed by atoms with E-state index in [0.29, 0.717) is 22.0 Å². The first kappa shape index (κ1) is 20.7. The molecule has 6 nitrogen and oxygen atoms in total. The molecule has 3 aromatic carbocycles. The quantitative estimate of drug-likeness (QED) is 0.593. The number of methoxy groups -OCH3 is 1. The van der Waals surface area contributed by atoms with Crippen LogP contribution in [0, 0.1) is 6.92 Å². The maximum atomic E-state index is 12.7. The fraction of sp³-hybridized carbons (Fsp3) is 0.0952. The fourth-order valence-electron chi connectivity index (χ4n) is 2.58. The highest BCUT2D eigenvalue weighted by molar-refractivity contribution is 7.92. The summed E-state index contributed by atoms with van der Waals surface area (Å²) in [5.41, 5.74) is 2.10. The van der Waals surface area contributed by atoms with E-state index in [1.54, 1.807) is 36.4 Å². The Kier molecular flexibility index (Phi) is 6.10. The minimum atomic E-state index is -3.88. The number of hydrogen-bond acceptors (Lipinski definition) is 4. The van der Waals surface area contributed by atoms with Gasteiger partial charge in [-0.15, -0.1) is 0 Å². The highest BCUT2D eigenvalue weighted by Crippen LogP contribution is 2.29.